The number of carbonyl (C=O) groups is 2. The fourth-order valence-electron chi connectivity index (χ4n) is 1.62. The minimum atomic E-state index is -5.04. The smallest absolute Gasteiger partial charge is 0.478 e. The fraction of sp³-hybridized carbons (Fsp3) is 0.385. The monoisotopic (exact) mass is 354 g/mol. The van der Waals surface area contributed by atoms with Gasteiger partial charge in [0.2, 0.25) is 0 Å². The summed E-state index contributed by atoms with van der Waals surface area (Å²) >= 11 is 0.711. The minimum Gasteiger partial charge on any atom is -0.478 e. The van der Waals surface area contributed by atoms with Crippen LogP contribution in [0.5, 0.6) is 5.75 Å². The second-order valence-electron chi connectivity index (χ2n) is 4.46. The molecule has 0 bridgehead atoms. The lowest BCUT2D eigenvalue weighted by molar-refractivity contribution is -0.274. The van der Waals surface area contributed by atoms with Crippen molar-refractivity contribution in [2.45, 2.75) is 25.5 Å². The summed E-state index contributed by atoms with van der Waals surface area (Å²) in [6.45, 7) is 1.24. The maximum Gasteiger partial charge on any atom is 0.573 e. The van der Waals surface area contributed by atoms with Crippen LogP contribution in [0.4, 0.5) is 13.2 Å². The second-order valence-corrected chi connectivity index (χ2v) is 5.66. The highest BCUT2D eigenvalue weighted by Crippen LogP contribution is 2.29. The third-order valence-corrected chi connectivity index (χ3v) is 3.49. The van der Waals surface area contributed by atoms with E-state index < -0.39 is 35.9 Å². The summed E-state index contributed by atoms with van der Waals surface area (Å²) in [7, 11) is 0. The number of rotatable bonds is 6. The van der Waals surface area contributed by atoms with E-state index in [0.29, 0.717) is 17.8 Å². The van der Waals surface area contributed by atoms with Gasteiger partial charge in [0.05, 0.1) is 11.7 Å². The van der Waals surface area contributed by atoms with Crippen molar-refractivity contribution in [2.24, 2.45) is 0 Å². The van der Waals surface area contributed by atoms with Gasteiger partial charge in [0.25, 0.3) is 0 Å². The molecule has 0 amide bonds. The fourth-order valence-corrected chi connectivity index (χ4v) is 2.21. The van der Waals surface area contributed by atoms with E-state index >= 15 is 0 Å². The molecule has 1 aromatic carbocycles. The minimum absolute atomic E-state index is 0.205. The van der Waals surface area contributed by atoms with Crippen LogP contribution in [0, 0.1) is 0 Å². The molecule has 1 rings (SSSR count). The summed E-state index contributed by atoms with van der Waals surface area (Å²) in [6.07, 6.45) is -8.20. The van der Waals surface area contributed by atoms with Gasteiger partial charge in [0, 0.05) is 12.7 Å². The SMILES string of the molecule is CC(=O)SCC(O)C(O)c1cc(OC(F)(F)F)cc(C(=O)O)c1. The molecule has 2 unspecified atom stereocenters. The standard InChI is InChI=1S/C13H13F3O6S/c1-6(17)23-5-10(18)11(19)7-2-8(12(20)21)4-9(3-7)22-13(14,15)16/h2-4,10-11,18-19H,5H2,1H3,(H,20,21). The second kappa shape index (κ2) is 7.66. The topological polar surface area (TPSA) is 104 Å². The molecule has 0 aliphatic heterocycles. The van der Waals surface area contributed by atoms with Gasteiger partial charge in [-0.15, -0.1) is 13.2 Å². The molecule has 10 heteroatoms. The molecule has 2 atom stereocenters. The number of thioether (sulfide) groups is 1. The summed E-state index contributed by atoms with van der Waals surface area (Å²) < 4.78 is 40.4. The number of carbonyl (C=O) groups excluding carboxylic acids is 1. The Morgan fingerprint density at radius 1 is 1.26 bits per heavy atom. The maximum atomic E-state index is 12.3. The van der Waals surface area contributed by atoms with Gasteiger partial charge in [0.1, 0.15) is 11.9 Å². The molecule has 3 N–H and O–H groups in total. The Kier molecular flexibility index (Phi) is 6.42. The molecule has 0 saturated heterocycles. The summed E-state index contributed by atoms with van der Waals surface area (Å²) in [5.74, 6) is -2.57. The number of hydrogen-bond donors (Lipinski definition) is 3. The quantitative estimate of drug-likeness (QED) is 0.717. The Balaban J connectivity index is 3.08. The number of benzene rings is 1. The van der Waals surface area contributed by atoms with E-state index in [2.05, 4.69) is 4.74 Å². The molecule has 0 heterocycles. The van der Waals surface area contributed by atoms with Crippen LogP contribution in [-0.4, -0.2) is 44.6 Å². The third kappa shape index (κ3) is 6.47. The molecular formula is C13H13F3O6S. The maximum absolute atomic E-state index is 12.3. The lowest BCUT2D eigenvalue weighted by atomic mass is 10.0. The van der Waals surface area contributed by atoms with E-state index in [-0.39, 0.29) is 16.4 Å². The van der Waals surface area contributed by atoms with Gasteiger partial charge in [-0.05, 0) is 23.8 Å². The first-order valence-electron chi connectivity index (χ1n) is 6.13. The van der Waals surface area contributed by atoms with Crippen molar-refractivity contribution in [1.29, 1.82) is 0 Å². The van der Waals surface area contributed by atoms with Crippen LogP contribution in [0.25, 0.3) is 0 Å². The highest BCUT2D eigenvalue weighted by atomic mass is 32.2. The molecule has 0 aliphatic rings. The van der Waals surface area contributed by atoms with Gasteiger partial charge in [-0.25, -0.2) is 4.79 Å². The number of alkyl halides is 3. The van der Waals surface area contributed by atoms with Gasteiger partial charge in [-0.3, -0.25) is 4.79 Å². The van der Waals surface area contributed by atoms with Crippen molar-refractivity contribution in [3.05, 3.63) is 29.3 Å². The van der Waals surface area contributed by atoms with Crippen LogP contribution >= 0.6 is 11.8 Å². The van der Waals surface area contributed by atoms with Gasteiger partial charge in [-0.2, -0.15) is 0 Å². The third-order valence-electron chi connectivity index (χ3n) is 2.57. The van der Waals surface area contributed by atoms with Crippen molar-refractivity contribution >= 4 is 22.8 Å². The highest BCUT2D eigenvalue weighted by Gasteiger charge is 2.32. The molecular weight excluding hydrogens is 341 g/mol. The number of aliphatic hydroxyl groups excluding tert-OH is 2. The van der Waals surface area contributed by atoms with Crippen LogP contribution in [0.1, 0.15) is 28.9 Å². The number of carboxylic acid groups (broad SMARTS) is 1. The molecule has 0 spiro atoms. The molecule has 0 aliphatic carbocycles. The van der Waals surface area contributed by atoms with Gasteiger partial charge in [-0.1, -0.05) is 11.8 Å². The normalized spacial score (nSPS) is 14.2. The molecule has 6 nitrogen and oxygen atoms in total. The molecule has 0 aromatic heterocycles. The lowest BCUT2D eigenvalue weighted by Crippen LogP contribution is -2.22. The molecule has 0 fully saturated rings. The van der Waals surface area contributed by atoms with E-state index in [9.17, 15) is 33.0 Å². The van der Waals surface area contributed by atoms with Gasteiger partial charge in [0.15, 0.2) is 5.12 Å². The van der Waals surface area contributed by atoms with Crippen molar-refractivity contribution < 1.29 is 42.8 Å². The summed E-state index contributed by atoms with van der Waals surface area (Å²) in [6, 6.07) is 2.33. The Morgan fingerprint density at radius 2 is 1.87 bits per heavy atom. The van der Waals surface area contributed by atoms with Gasteiger partial charge >= 0.3 is 12.3 Å². The van der Waals surface area contributed by atoms with Crippen molar-refractivity contribution in [2.75, 3.05) is 5.75 Å². The Hall–Kier alpha value is -1.78. The van der Waals surface area contributed by atoms with Crippen molar-refractivity contribution in [3.8, 4) is 5.75 Å². The Labute approximate surface area is 132 Å². The Morgan fingerprint density at radius 3 is 2.35 bits per heavy atom. The van der Waals surface area contributed by atoms with Gasteiger partial charge < -0.3 is 20.1 Å². The predicted octanol–water partition coefficient (Wildman–Crippen LogP) is 1.96. The van der Waals surface area contributed by atoms with E-state index in [1.54, 1.807) is 0 Å². The molecule has 0 radical (unpaired) electrons. The first-order chi connectivity index (χ1) is 10.5. The van der Waals surface area contributed by atoms with Crippen LogP contribution in [-0.2, 0) is 4.79 Å². The first-order valence-corrected chi connectivity index (χ1v) is 7.11. The molecule has 1 aromatic rings. The number of aliphatic hydroxyl groups is 2. The zero-order valence-electron chi connectivity index (χ0n) is 11.7. The summed E-state index contributed by atoms with van der Waals surface area (Å²) in [4.78, 5) is 21.8. The van der Waals surface area contributed by atoms with Crippen LogP contribution in [0.2, 0.25) is 0 Å². The molecule has 23 heavy (non-hydrogen) atoms. The predicted molar refractivity (Wildman–Crippen MR) is 74.2 cm³/mol. The van der Waals surface area contributed by atoms with Crippen molar-refractivity contribution in [3.63, 3.8) is 0 Å². The van der Waals surface area contributed by atoms with E-state index in [1.807, 2.05) is 0 Å². The van der Waals surface area contributed by atoms with Crippen LogP contribution in [0.15, 0.2) is 18.2 Å². The summed E-state index contributed by atoms with van der Waals surface area (Å²) in [5.41, 5.74) is -0.826. The zero-order chi connectivity index (χ0) is 17.8. The number of hydrogen-bond acceptors (Lipinski definition) is 6. The number of halogens is 3. The van der Waals surface area contributed by atoms with E-state index in [4.69, 9.17) is 5.11 Å². The van der Waals surface area contributed by atoms with E-state index in [1.165, 1.54) is 6.92 Å². The number of carboxylic acids is 1. The van der Waals surface area contributed by atoms with Crippen LogP contribution in [0.3, 0.4) is 0 Å². The summed E-state index contributed by atoms with van der Waals surface area (Å²) in [5, 5.41) is 28.2. The number of ether oxygens (including phenoxy) is 1. The lowest BCUT2D eigenvalue weighted by Gasteiger charge is -2.19. The molecule has 128 valence electrons. The van der Waals surface area contributed by atoms with E-state index in [0.717, 1.165) is 12.1 Å². The van der Waals surface area contributed by atoms with Crippen LogP contribution < -0.4 is 4.74 Å². The average molecular weight is 354 g/mol. The Bertz CT molecular complexity index is 590. The largest absolute Gasteiger partial charge is 0.573 e. The van der Waals surface area contributed by atoms with Crippen molar-refractivity contribution in [1.82, 2.24) is 0 Å². The highest BCUT2D eigenvalue weighted by molar-refractivity contribution is 8.13. The molecule has 0 saturated carbocycles. The number of aromatic carboxylic acids is 1. The average Bonchev–Trinajstić information content (AvgIpc) is 2.41. The first kappa shape index (κ1) is 19.3. The zero-order valence-corrected chi connectivity index (χ0v) is 12.5.